The molecule has 0 bridgehead atoms. The molecule has 2 N–H and O–H groups in total. The van der Waals surface area contributed by atoms with Crippen LogP contribution in [0.3, 0.4) is 0 Å². The van der Waals surface area contributed by atoms with Gasteiger partial charge in [0, 0.05) is 50.6 Å². The van der Waals surface area contributed by atoms with Crippen LogP contribution in [0.5, 0.6) is 0 Å². The third-order valence-corrected chi connectivity index (χ3v) is 4.91. The molecule has 0 saturated carbocycles. The van der Waals surface area contributed by atoms with Crippen molar-refractivity contribution in [1.82, 2.24) is 19.6 Å². The lowest BCUT2D eigenvalue weighted by atomic mass is 10.1. The Morgan fingerprint density at radius 3 is 2.43 bits per heavy atom. The van der Waals surface area contributed by atoms with Gasteiger partial charge in [-0.3, -0.25) is 4.90 Å². The number of hydrogen-bond acceptors (Lipinski definition) is 5. The van der Waals surface area contributed by atoms with Crippen LogP contribution in [0.1, 0.15) is 17.5 Å². The number of rotatable bonds is 5. The van der Waals surface area contributed by atoms with Crippen LogP contribution < -0.4 is 0 Å². The lowest BCUT2D eigenvalue weighted by Crippen LogP contribution is -2.51. The summed E-state index contributed by atoms with van der Waals surface area (Å²) in [5, 5.41) is 20.8. The van der Waals surface area contributed by atoms with Gasteiger partial charge in [-0.1, -0.05) is 17.7 Å². The average molecular weight is 428 g/mol. The molecular weight excluding hydrogens is 401 g/mol. The van der Waals surface area contributed by atoms with Gasteiger partial charge in [0.25, 0.3) is 0 Å². The second-order valence-electron chi connectivity index (χ2n) is 7.31. The molecule has 1 aliphatic heterocycles. The van der Waals surface area contributed by atoms with Gasteiger partial charge in [0.2, 0.25) is 0 Å². The van der Waals surface area contributed by atoms with E-state index in [-0.39, 0.29) is 6.61 Å². The number of carbonyl (C=O) groups is 1. The summed E-state index contributed by atoms with van der Waals surface area (Å²) in [6, 6.07) is 8.85. The van der Waals surface area contributed by atoms with Crippen molar-refractivity contribution in [1.29, 1.82) is 0 Å². The first-order valence-corrected chi connectivity index (χ1v) is 9.54. The number of alkyl halides is 3. The molecule has 1 aromatic carbocycles. The zero-order chi connectivity index (χ0) is 22.3. The van der Waals surface area contributed by atoms with Gasteiger partial charge in [0.1, 0.15) is 0 Å². The zero-order valence-corrected chi connectivity index (χ0v) is 17.0. The topological polar surface area (TPSA) is 81.8 Å². The molecule has 0 spiro atoms. The smallest absolute Gasteiger partial charge is 0.475 e. The average Bonchev–Trinajstić information content (AvgIpc) is 3.13. The van der Waals surface area contributed by atoms with Gasteiger partial charge in [-0.25, -0.2) is 9.48 Å². The standard InChI is InChI=1S/C18H26N4O.C2HF3O2/c1-15-3-5-17(6-4-15)22-13-16(11-19-22)12-21-9-8-20(2)18(14-21)7-10-23;3-2(4,5)1(6)7/h3-6,11,13,18,23H,7-10,12,14H2,1-2H3;(H,6,7). The highest BCUT2D eigenvalue weighted by molar-refractivity contribution is 5.73. The Hall–Kier alpha value is -2.43. The molecule has 1 aromatic heterocycles. The van der Waals surface area contributed by atoms with E-state index in [1.165, 1.54) is 11.1 Å². The summed E-state index contributed by atoms with van der Waals surface area (Å²) < 4.78 is 33.7. The summed E-state index contributed by atoms with van der Waals surface area (Å²) in [6.45, 7) is 6.39. The molecule has 10 heteroatoms. The van der Waals surface area contributed by atoms with Crippen LogP contribution in [-0.2, 0) is 11.3 Å². The highest BCUT2D eigenvalue weighted by Gasteiger charge is 2.38. The van der Waals surface area contributed by atoms with Gasteiger partial charge in [0.15, 0.2) is 0 Å². The minimum absolute atomic E-state index is 0.258. The molecular formula is C20H27F3N4O3. The Morgan fingerprint density at radius 1 is 1.23 bits per heavy atom. The lowest BCUT2D eigenvalue weighted by Gasteiger charge is -2.39. The number of aliphatic hydroxyl groups excluding tert-OH is 1. The van der Waals surface area contributed by atoms with Gasteiger partial charge in [-0.2, -0.15) is 18.3 Å². The molecule has 2 heterocycles. The van der Waals surface area contributed by atoms with Crippen molar-refractivity contribution in [2.24, 2.45) is 0 Å². The molecule has 3 rings (SSSR count). The summed E-state index contributed by atoms with van der Waals surface area (Å²) >= 11 is 0. The molecule has 7 nitrogen and oxygen atoms in total. The Balaban J connectivity index is 0.000000396. The van der Waals surface area contributed by atoms with Gasteiger partial charge >= 0.3 is 12.1 Å². The van der Waals surface area contributed by atoms with Gasteiger partial charge in [-0.05, 0) is 32.5 Å². The maximum atomic E-state index is 10.6. The summed E-state index contributed by atoms with van der Waals surface area (Å²) in [5.74, 6) is -2.76. The zero-order valence-electron chi connectivity index (χ0n) is 17.0. The Morgan fingerprint density at radius 2 is 1.87 bits per heavy atom. The minimum Gasteiger partial charge on any atom is -0.475 e. The Bertz CT molecular complexity index is 808. The van der Waals surface area contributed by atoms with Gasteiger partial charge < -0.3 is 15.1 Å². The quantitative estimate of drug-likeness (QED) is 0.761. The fraction of sp³-hybridized carbons (Fsp3) is 0.500. The molecule has 0 amide bonds. The SMILES string of the molecule is Cc1ccc(-n2cc(CN3CCN(C)C(CCO)C3)cn2)cc1.O=C(O)C(F)(F)F. The number of piperazine rings is 1. The molecule has 1 atom stereocenters. The summed E-state index contributed by atoms with van der Waals surface area (Å²) in [6.07, 6.45) is -0.168. The normalized spacial score (nSPS) is 18.0. The molecule has 1 unspecified atom stereocenters. The second-order valence-corrected chi connectivity index (χ2v) is 7.31. The Kier molecular flexibility index (Phi) is 8.39. The van der Waals surface area contributed by atoms with Crippen LogP contribution in [0.4, 0.5) is 13.2 Å². The highest BCUT2D eigenvalue weighted by Crippen LogP contribution is 2.15. The van der Waals surface area contributed by atoms with Crippen LogP contribution >= 0.6 is 0 Å². The first-order valence-electron chi connectivity index (χ1n) is 9.54. The van der Waals surface area contributed by atoms with Crippen molar-refractivity contribution >= 4 is 5.97 Å². The van der Waals surface area contributed by atoms with Crippen molar-refractivity contribution < 1.29 is 28.2 Å². The van der Waals surface area contributed by atoms with Crippen molar-refractivity contribution in [2.45, 2.75) is 32.1 Å². The Labute approximate surface area is 173 Å². The van der Waals surface area contributed by atoms with E-state index in [2.05, 4.69) is 59.3 Å². The minimum atomic E-state index is -5.08. The predicted octanol–water partition coefficient (Wildman–Crippen LogP) is 2.31. The molecule has 30 heavy (non-hydrogen) atoms. The maximum absolute atomic E-state index is 10.6. The van der Waals surface area contributed by atoms with E-state index in [0.717, 1.165) is 38.3 Å². The molecule has 2 aromatic rings. The summed E-state index contributed by atoms with van der Waals surface area (Å²) in [4.78, 5) is 13.7. The first-order chi connectivity index (χ1) is 14.1. The number of carboxylic acids is 1. The summed E-state index contributed by atoms with van der Waals surface area (Å²) in [5.41, 5.74) is 3.59. The monoisotopic (exact) mass is 428 g/mol. The number of aromatic nitrogens is 2. The van der Waals surface area contributed by atoms with Crippen LogP contribution in [-0.4, -0.2) is 81.3 Å². The van der Waals surface area contributed by atoms with Crippen LogP contribution in [0, 0.1) is 6.92 Å². The van der Waals surface area contributed by atoms with Crippen LogP contribution in [0.15, 0.2) is 36.7 Å². The number of halogens is 3. The third-order valence-electron chi connectivity index (χ3n) is 4.91. The predicted molar refractivity (Wildman–Crippen MR) is 105 cm³/mol. The number of aliphatic carboxylic acids is 1. The van der Waals surface area contributed by atoms with E-state index in [0.29, 0.717) is 6.04 Å². The van der Waals surface area contributed by atoms with Crippen molar-refractivity contribution in [3.8, 4) is 5.69 Å². The number of aliphatic hydroxyl groups is 1. The molecule has 166 valence electrons. The number of nitrogens with zero attached hydrogens (tertiary/aromatic N) is 4. The fourth-order valence-corrected chi connectivity index (χ4v) is 3.15. The van der Waals surface area contributed by atoms with Crippen molar-refractivity contribution in [3.63, 3.8) is 0 Å². The van der Waals surface area contributed by atoms with E-state index < -0.39 is 12.1 Å². The lowest BCUT2D eigenvalue weighted by molar-refractivity contribution is -0.192. The van der Waals surface area contributed by atoms with Gasteiger partial charge in [-0.15, -0.1) is 0 Å². The molecule has 0 aliphatic carbocycles. The number of aryl methyl sites for hydroxylation is 1. The maximum Gasteiger partial charge on any atom is 0.490 e. The largest absolute Gasteiger partial charge is 0.490 e. The number of likely N-dealkylation sites (N-methyl/N-ethyl adjacent to an activating group) is 1. The number of hydrogen-bond donors (Lipinski definition) is 2. The molecule has 0 radical (unpaired) electrons. The fourth-order valence-electron chi connectivity index (χ4n) is 3.15. The van der Waals surface area contributed by atoms with Crippen LogP contribution in [0.2, 0.25) is 0 Å². The third kappa shape index (κ3) is 7.12. The van der Waals surface area contributed by atoms with E-state index in [1.54, 1.807) is 0 Å². The van der Waals surface area contributed by atoms with E-state index in [1.807, 2.05) is 10.9 Å². The van der Waals surface area contributed by atoms with E-state index in [4.69, 9.17) is 9.90 Å². The van der Waals surface area contributed by atoms with Crippen molar-refractivity contribution in [3.05, 3.63) is 47.8 Å². The van der Waals surface area contributed by atoms with E-state index >= 15 is 0 Å². The number of benzene rings is 1. The first kappa shape index (κ1) is 23.8. The summed E-state index contributed by atoms with van der Waals surface area (Å²) in [7, 11) is 2.15. The van der Waals surface area contributed by atoms with Gasteiger partial charge in [0.05, 0.1) is 11.9 Å². The number of carboxylic acid groups (broad SMARTS) is 1. The molecule has 1 saturated heterocycles. The van der Waals surface area contributed by atoms with Crippen molar-refractivity contribution in [2.75, 3.05) is 33.3 Å². The van der Waals surface area contributed by atoms with Crippen LogP contribution in [0.25, 0.3) is 5.69 Å². The van der Waals surface area contributed by atoms with E-state index in [9.17, 15) is 18.3 Å². The molecule has 1 aliphatic rings. The molecule has 1 fully saturated rings. The second kappa shape index (κ2) is 10.6. The highest BCUT2D eigenvalue weighted by atomic mass is 19.4.